The fraction of sp³-hybridized carbons (Fsp3) is 0.480. The fourth-order valence-corrected chi connectivity index (χ4v) is 3.78. The first-order valence-corrected chi connectivity index (χ1v) is 11.7. The van der Waals surface area contributed by atoms with Crippen molar-refractivity contribution in [2.24, 2.45) is 5.92 Å². The number of non-ortho nitro benzene ring substituents is 1. The molecule has 2 atom stereocenters. The molecule has 36 heavy (non-hydrogen) atoms. The highest BCUT2D eigenvalue weighted by Crippen LogP contribution is 2.40. The van der Waals surface area contributed by atoms with Crippen LogP contribution in [0.25, 0.3) is 0 Å². The minimum absolute atomic E-state index is 0.0423. The molecule has 1 aromatic carbocycles. The number of amides is 1. The van der Waals surface area contributed by atoms with E-state index >= 15 is 0 Å². The van der Waals surface area contributed by atoms with E-state index in [1.54, 1.807) is 54.5 Å². The summed E-state index contributed by atoms with van der Waals surface area (Å²) in [4.78, 5) is 49.2. The first-order chi connectivity index (χ1) is 16.9. The molecule has 11 heteroatoms. The van der Waals surface area contributed by atoms with Gasteiger partial charge < -0.3 is 24.8 Å². The van der Waals surface area contributed by atoms with Crippen molar-refractivity contribution in [1.29, 1.82) is 0 Å². The van der Waals surface area contributed by atoms with Crippen LogP contribution in [0.1, 0.15) is 59.9 Å². The molecule has 0 spiro atoms. The number of nitro benzene ring substituents is 1. The molecule has 1 amide bonds. The highest BCUT2D eigenvalue weighted by molar-refractivity contribution is 5.93. The molecule has 2 N–H and O–H groups in total. The molecule has 0 aliphatic carbocycles. The molecule has 11 nitrogen and oxygen atoms in total. The number of nitrogens with one attached hydrogen (secondary N) is 2. The van der Waals surface area contributed by atoms with Crippen molar-refractivity contribution >= 4 is 23.7 Å². The van der Waals surface area contributed by atoms with Crippen LogP contribution in [-0.2, 0) is 23.8 Å². The fourth-order valence-electron chi connectivity index (χ4n) is 3.78. The third-order valence-electron chi connectivity index (χ3n) is 5.36. The number of alkyl carbamates (subject to hydrolysis) is 1. The number of carbonyl (C=O) groups is 3. The Morgan fingerprint density at radius 1 is 1.14 bits per heavy atom. The molecule has 0 radical (unpaired) electrons. The van der Waals surface area contributed by atoms with E-state index in [0.717, 1.165) is 0 Å². The largest absolute Gasteiger partial charge is 0.464 e. The Bertz CT molecular complexity index is 1090. The Kier molecular flexibility index (Phi) is 9.60. The standard InChI is InChI=1S/C25H33N3O8/c1-8-34-24(30)21(13(2)3)27-25(31)36-22-16(7)26-15(6)19(23(29)35-14(4)5)20(22)17-10-9-11-18(12-17)28(32)33/h9-14,20-21,26H,8H2,1-7H3,(H,27,31)/t20-,21+/m0/s1. The zero-order valence-electron chi connectivity index (χ0n) is 21.5. The van der Waals surface area contributed by atoms with Gasteiger partial charge in [0.15, 0.2) is 0 Å². The SMILES string of the molecule is CCOC(=O)[C@H](NC(=O)OC1=C(C)NC(C)=C(C(=O)OC(C)C)[C@@H]1c1cccc([N+](=O)[O-])c1)C(C)C. The van der Waals surface area contributed by atoms with Crippen molar-refractivity contribution in [2.45, 2.75) is 66.5 Å². The van der Waals surface area contributed by atoms with Crippen molar-refractivity contribution in [2.75, 3.05) is 6.61 Å². The van der Waals surface area contributed by atoms with Crippen LogP contribution in [0.3, 0.4) is 0 Å². The van der Waals surface area contributed by atoms with Crippen LogP contribution >= 0.6 is 0 Å². The van der Waals surface area contributed by atoms with Gasteiger partial charge in [-0.2, -0.15) is 0 Å². The second kappa shape index (κ2) is 12.2. The average Bonchev–Trinajstić information content (AvgIpc) is 2.78. The zero-order valence-corrected chi connectivity index (χ0v) is 21.5. The second-order valence-corrected chi connectivity index (χ2v) is 8.90. The van der Waals surface area contributed by atoms with E-state index in [0.29, 0.717) is 17.0 Å². The van der Waals surface area contributed by atoms with E-state index < -0.39 is 41.0 Å². The quantitative estimate of drug-likeness (QED) is 0.220. The Hall–Kier alpha value is -3.89. The molecule has 1 heterocycles. The van der Waals surface area contributed by atoms with E-state index in [4.69, 9.17) is 14.2 Å². The summed E-state index contributed by atoms with van der Waals surface area (Å²) in [7, 11) is 0. The molecule has 0 saturated carbocycles. The van der Waals surface area contributed by atoms with E-state index in [1.165, 1.54) is 18.2 Å². The molecule has 0 bridgehead atoms. The number of rotatable bonds is 9. The van der Waals surface area contributed by atoms with E-state index in [2.05, 4.69) is 10.6 Å². The maximum atomic E-state index is 13.1. The van der Waals surface area contributed by atoms with Gasteiger partial charge in [0.05, 0.1) is 34.8 Å². The van der Waals surface area contributed by atoms with Crippen LogP contribution in [-0.4, -0.2) is 41.7 Å². The summed E-state index contributed by atoms with van der Waals surface area (Å²) in [6.45, 7) is 12.0. The van der Waals surface area contributed by atoms with E-state index in [-0.39, 0.29) is 29.5 Å². The zero-order chi connectivity index (χ0) is 27.2. The number of hydrogen-bond donors (Lipinski definition) is 2. The Balaban J connectivity index is 2.52. The lowest BCUT2D eigenvalue weighted by Crippen LogP contribution is -2.46. The molecule has 2 rings (SSSR count). The number of ether oxygens (including phenoxy) is 3. The number of allylic oxidation sites excluding steroid dienone is 3. The van der Waals surface area contributed by atoms with E-state index in [1.807, 2.05) is 0 Å². The summed E-state index contributed by atoms with van der Waals surface area (Å²) in [5.74, 6) is -2.50. The molecule has 196 valence electrons. The van der Waals surface area contributed by atoms with Crippen LogP contribution in [0.15, 0.2) is 47.0 Å². The number of carbonyl (C=O) groups excluding carboxylic acids is 3. The first-order valence-electron chi connectivity index (χ1n) is 11.7. The van der Waals surface area contributed by atoms with Gasteiger partial charge in [0.1, 0.15) is 11.8 Å². The summed E-state index contributed by atoms with van der Waals surface area (Å²) < 4.78 is 16.1. The number of nitrogens with zero attached hydrogens (tertiary/aromatic N) is 1. The first kappa shape index (κ1) is 28.3. The highest BCUT2D eigenvalue weighted by atomic mass is 16.6. The molecule has 1 aliphatic rings. The van der Waals surface area contributed by atoms with Gasteiger partial charge in [-0.25, -0.2) is 14.4 Å². The number of benzene rings is 1. The monoisotopic (exact) mass is 503 g/mol. The highest BCUT2D eigenvalue weighted by Gasteiger charge is 2.38. The Morgan fingerprint density at radius 3 is 2.36 bits per heavy atom. The van der Waals surface area contributed by atoms with Gasteiger partial charge in [0, 0.05) is 17.8 Å². The molecule has 1 aromatic rings. The maximum Gasteiger partial charge on any atom is 0.413 e. The van der Waals surface area contributed by atoms with Crippen molar-refractivity contribution in [3.63, 3.8) is 0 Å². The lowest BCUT2D eigenvalue weighted by atomic mass is 9.85. The Labute approximate surface area is 210 Å². The van der Waals surface area contributed by atoms with Gasteiger partial charge in [0.25, 0.3) is 5.69 Å². The predicted octanol–water partition coefficient (Wildman–Crippen LogP) is 4.05. The third kappa shape index (κ3) is 6.83. The van der Waals surface area contributed by atoms with Crippen LogP contribution in [0.4, 0.5) is 10.5 Å². The van der Waals surface area contributed by atoms with Crippen molar-refractivity contribution < 1.29 is 33.5 Å². The average molecular weight is 504 g/mol. The van der Waals surface area contributed by atoms with Gasteiger partial charge >= 0.3 is 18.0 Å². The summed E-state index contributed by atoms with van der Waals surface area (Å²) in [5, 5.41) is 17.0. The molecule has 0 unspecified atom stereocenters. The molecule has 0 aromatic heterocycles. The minimum atomic E-state index is -0.983. The normalized spacial score (nSPS) is 16.4. The van der Waals surface area contributed by atoms with Gasteiger partial charge in [-0.3, -0.25) is 10.1 Å². The molecule has 1 aliphatic heterocycles. The van der Waals surface area contributed by atoms with Gasteiger partial charge in [-0.1, -0.05) is 26.0 Å². The van der Waals surface area contributed by atoms with Crippen molar-refractivity contribution in [3.8, 4) is 0 Å². The molecular weight excluding hydrogens is 470 g/mol. The Morgan fingerprint density at radius 2 is 1.81 bits per heavy atom. The summed E-state index contributed by atoms with van der Waals surface area (Å²) >= 11 is 0. The van der Waals surface area contributed by atoms with Crippen LogP contribution < -0.4 is 10.6 Å². The smallest absolute Gasteiger partial charge is 0.413 e. The minimum Gasteiger partial charge on any atom is -0.464 e. The van der Waals surface area contributed by atoms with Crippen LogP contribution in [0.2, 0.25) is 0 Å². The van der Waals surface area contributed by atoms with Crippen molar-refractivity contribution in [3.05, 3.63) is 62.7 Å². The summed E-state index contributed by atoms with van der Waals surface area (Å²) in [6.07, 6.45) is -1.37. The predicted molar refractivity (Wildman–Crippen MR) is 130 cm³/mol. The number of dihydropyridines is 1. The molecular formula is C25H33N3O8. The van der Waals surface area contributed by atoms with Gasteiger partial charge in [0.2, 0.25) is 0 Å². The van der Waals surface area contributed by atoms with Crippen molar-refractivity contribution in [1.82, 2.24) is 10.6 Å². The number of hydrogen-bond acceptors (Lipinski definition) is 9. The third-order valence-corrected chi connectivity index (χ3v) is 5.36. The van der Waals surface area contributed by atoms with Crippen LogP contribution in [0.5, 0.6) is 0 Å². The van der Waals surface area contributed by atoms with Gasteiger partial charge in [-0.15, -0.1) is 0 Å². The summed E-state index contributed by atoms with van der Waals surface area (Å²) in [6, 6.07) is 4.76. The number of esters is 2. The maximum absolute atomic E-state index is 13.1. The molecule has 0 fully saturated rings. The summed E-state index contributed by atoms with van der Waals surface area (Å²) in [5.41, 5.74) is 1.17. The second-order valence-electron chi connectivity index (χ2n) is 8.90. The van der Waals surface area contributed by atoms with Crippen LogP contribution in [0, 0.1) is 16.0 Å². The lowest BCUT2D eigenvalue weighted by Gasteiger charge is -2.31. The lowest BCUT2D eigenvalue weighted by molar-refractivity contribution is -0.384. The topological polar surface area (TPSA) is 146 Å². The van der Waals surface area contributed by atoms with E-state index in [9.17, 15) is 24.5 Å². The number of nitro groups is 1. The van der Waals surface area contributed by atoms with Gasteiger partial charge in [-0.05, 0) is 46.1 Å². The molecule has 0 saturated heterocycles.